The Morgan fingerprint density at radius 3 is 2.35 bits per heavy atom. The van der Waals surface area contributed by atoms with Gasteiger partial charge in [-0.25, -0.2) is 0 Å². The normalized spacial score (nSPS) is 10.2. The largest absolute Gasteiger partial charge is 0.368 e. The standard InChI is InChI=1S/C10H12N6S/c1-17-7-5-3-2-4-6(7)13-10-15-8(11)14-9(12)16-10/h2-5H,1H3,(H5,11,12,13,14,15,16). The molecule has 0 atom stereocenters. The van der Waals surface area contributed by atoms with Crippen molar-refractivity contribution in [1.29, 1.82) is 0 Å². The number of nitrogens with two attached hydrogens (primary N) is 2. The SMILES string of the molecule is CSc1ccccc1Nc1nc(N)nc(N)n1. The fourth-order valence-electron chi connectivity index (χ4n) is 1.33. The Balaban J connectivity index is 2.31. The molecule has 1 heterocycles. The quantitative estimate of drug-likeness (QED) is 0.707. The highest BCUT2D eigenvalue weighted by atomic mass is 32.2. The lowest BCUT2D eigenvalue weighted by Gasteiger charge is -2.09. The summed E-state index contributed by atoms with van der Waals surface area (Å²) in [5.41, 5.74) is 11.9. The fourth-order valence-corrected chi connectivity index (χ4v) is 1.89. The van der Waals surface area contributed by atoms with Crippen LogP contribution in [-0.2, 0) is 0 Å². The fraction of sp³-hybridized carbons (Fsp3) is 0.100. The van der Waals surface area contributed by atoms with E-state index in [2.05, 4.69) is 20.3 Å². The zero-order valence-corrected chi connectivity index (χ0v) is 10.0. The first-order chi connectivity index (χ1) is 8.19. The molecule has 88 valence electrons. The number of para-hydroxylation sites is 1. The van der Waals surface area contributed by atoms with Crippen molar-refractivity contribution < 1.29 is 0 Å². The molecule has 17 heavy (non-hydrogen) atoms. The summed E-state index contributed by atoms with van der Waals surface area (Å²) in [6.07, 6.45) is 2.00. The predicted molar refractivity (Wildman–Crippen MR) is 70.2 cm³/mol. The summed E-state index contributed by atoms with van der Waals surface area (Å²) in [7, 11) is 0. The highest BCUT2D eigenvalue weighted by Crippen LogP contribution is 2.26. The molecule has 0 spiro atoms. The van der Waals surface area contributed by atoms with E-state index in [1.54, 1.807) is 11.8 Å². The topological polar surface area (TPSA) is 103 Å². The average Bonchev–Trinajstić information content (AvgIpc) is 2.28. The third kappa shape index (κ3) is 2.76. The van der Waals surface area contributed by atoms with Gasteiger partial charge in [0.1, 0.15) is 0 Å². The summed E-state index contributed by atoms with van der Waals surface area (Å²) in [6, 6.07) is 7.83. The van der Waals surface area contributed by atoms with Crippen molar-refractivity contribution in [3.8, 4) is 0 Å². The highest BCUT2D eigenvalue weighted by molar-refractivity contribution is 7.98. The van der Waals surface area contributed by atoms with E-state index in [0.29, 0.717) is 5.95 Å². The van der Waals surface area contributed by atoms with Gasteiger partial charge >= 0.3 is 0 Å². The number of anilines is 4. The smallest absolute Gasteiger partial charge is 0.233 e. The second kappa shape index (κ2) is 4.88. The summed E-state index contributed by atoms with van der Waals surface area (Å²) >= 11 is 1.63. The lowest BCUT2D eigenvalue weighted by molar-refractivity contribution is 1.08. The maximum absolute atomic E-state index is 5.50. The van der Waals surface area contributed by atoms with Gasteiger partial charge in [0.05, 0.1) is 5.69 Å². The predicted octanol–water partition coefficient (Wildman–Crippen LogP) is 1.50. The molecule has 0 aliphatic heterocycles. The van der Waals surface area contributed by atoms with Crippen LogP contribution < -0.4 is 16.8 Å². The van der Waals surface area contributed by atoms with E-state index < -0.39 is 0 Å². The number of hydrogen-bond donors (Lipinski definition) is 3. The van der Waals surface area contributed by atoms with Gasteiger partial charge < -0.3 is 16.8 Å². The van der Waals surface area contributed by atoms with Crippen LogP contribution >= 0.6 is 11.8 Å². The Morgan fingerprint density at radius 1 is 1.06 bits per heavy atom. The van der Waals surface area contributed by atoms with Crippen molar-refractivity contribution >= 4 is 35.3 Å². The van der Waals surface area contributed by atoms with Gasteiger partial charge in [0.25, 0.3) is 0 Å². The molecule has 0 aliphatic rings. The second-order valence-corrected chi connectivity index (χ2v) is 4.05. The minimum Gasteiger partial charge on any atom is -0.368 e. The van der Waals surface area contributed by atoms with Gasteiger partial charge in [0.2, 0.25) is 17.8 Å². The highest BCUT2D eigenvalue weighted by Gasteiger charge is 2.05. The zero-order chi connectivity index (χ0) is 12.3. The summed E-state index contributed by atoms with van der Waals surface area (Å²) < 4.78 is 0. The molecule has 2 aromatic rings. The first-order valence-electron chi connectivity index (χ1n) is 4.86. The number of rotatable bonds is 3. The van der Waals surface area contributed by atoms with Crippen molar-refractivity contribution in [1.82, 2.24) is 15.0 Å². The van der Waals surface area contributed by atoms with E-state index in [9.17, 15) is 0 Å². The number of aromatic nitrogens is 3. The molecule has 0 saturated heterocycles. The molecule has 1 aromatic heterocycles. The summed E-state index contributed by atoms with van der Waals surface area (Å²) in [6.45, 7) is 0. The molecule has 7 heteroatoms. The number of nitrogens with zero attached hydrogens (tertiary/aromatic N) is 3. The van der Waals surface area contributed by atoms with Gasteiger partial charge in [-0.15, -0.1) is 11.8 Å². The van der Waals surface area contributed by atoms with Crippen molar-refractivity contribution in [2.45, 2.75) is 4.90 Å². The molecule has 0 fully saturated rings. The Hall–Kier alpha value is -2.02. The van der Waals surface area contributed by atoms with E-state index in [4.69, 9.17) is 11.5 Å². The maximum atomic E-state index is 5.50. The molecule has 5 N–H and O–H groups in total. The Labute approximate surface area is 103 Å². The summed E-state index contributed by atoms with van der Waals surface area (Å²) in [5.74, 6) is 0.541. The number of nitrogen functional groups attached to an aromatic ring is 2. The van der Waals surface area contributed by atoms with Crippen LogP contribution in [0.15, 0.2) is 29.2 Å². The Kier molecular flexibility index (Phi) is 3.29. The van der Waals surface area contributed by atoms with Gasteiger partial charge in [0.15, 0.2) is 0 Å². The van der Waals surface area contributed by atoms with Crippen LogP contribution in [-0.4, -0.2) is 21.2 Å². The Morgan fingerprint density at radius 2 is 1.71 bits per heavy atom. The van der Waals surface area contributed by atoms with Crippen LogP contribution in [0.3, 0.4) is 0 Å². The molecule has 1 aromatic carbocycles. The van der Waals surface area contributed by atoms with Crippen LogP contribution in [0.1, 0.15) is 0 Å². The molecular formula is C10H12N6S. The van der Waals surface area contributed by atoms with Gasteiger partial charge in [0, 0.05) is 4.90 Å². The van der Waals surface area contributed by atoms with Crippen LogP contribution in [0.4, 0.5) is 23.5 Å². The van der Waals surface area contributed by atoms with E-state index in [0.717, 1.165) is 10.6 Å². The molecule has 0 radical (unpaired) electrons. The van der Waals surface area contributed by atoms with Crippen LogP contribution in [0.5, 0.6) is 0 Å². The summed E-state index contributed by atoms with van der Waals surface area (Å²) in [5, 5.41) is 3.06. The van der Waals surface area contributed by atoms with Crippen molar-refractivity contribution in [3.05, 3.63) is 24.3 Å². The van der Waals surface area contributed by atoms with E-state index >= 15 is 0 Å². The molecule has 0 bridgehead atoms. The van der Waals surface area contributed by atoms with Crippen LogP contribution in [0.25, 0.3) is 0 Å². The number of nitrogens with one attached hydrogen (secondary N) is 1. The summed E-state index contributed by atoms with van der Waals surface area (Å²) in [4.78, 5) is 12.7. The van der Waals surface area contributed by atoms with Crippen molar-refractivity contribution in [3.63, 3.8) is 0 Å². The van der Waals surface area contributed by atoms with E-state index in [-0.39, 0.29) is 11.9 Å². The first kappa shape index (κ1) is 11.5. The molecule has 0 aliphatic carbocycles. The number of thioether (sulfide) groups is 1. The van der Waals surface area contributed by atoms with E-state index in [1.165, 1.54) is 0 Å². The van der Waals surface area contributed by atoms with Gasteiger partial charge in [-0.3, -0.25) is 0 Å². The molecule has 0 saturated carbocycles. The molecule has 2 rings (SSSR count). The van der Waals surface area contributed by atoms with Crippen LogP contribution in [0.2, 0.25) is 0 Å². The lowest BCUT2D eigenvalue weighted by atomic mass is 10.3. The molecule has 0 unspecified atom stereocenters. The second-order valence-electron chi connectivity index (χ2n) is 3.20. The van der Waals surface area contributed by atoms with Gasteiger partial charge in [-0.05, 0) is 18.4 Å². The van der Waals surface area contributed by atoms with Gasteiger partial charge in [-0.2, -0.15) is 15.0 Å². The third-order valence-electron chi connectivity index (χ3n) is 2.02. The number of benzene rings is 1. The molecular weight excluding hydrogens is 236 g/mol. The first-order valence-corrected chi connectivity index (χ1v) is 6.08. The minimum atomic E-state index is 0.0987. The zero-order valence-electron chi connectivity index (χ0n) is 9.21. The monoisotopic (exact) mass is 248 g/mol. The van der Waals surface area contributed by atoms with Crippen molar-refractivity contribution in [2.75, 3.05) is 23.0 Å². The van der Waals surface area contributed by atoms with Crippen molar-refractivity contribution in [2.24, 2.45) is 0 Å². The third-order valence-corrected chi connectivity index (χ3v) is 2.82. The van der Waals surface area contributed by atoms with Gasteiger partial charge in [-0.1, -0.05) is 12.1 Å². The maximum Gasteiger partial charge on any atom is 0.233 e. The minimum absolute atomic E-state index is 0.0987. The number of hydrogen-bond acceptors (Lipinski definition) is 7. The average molecular weight is 248 g/mol. The molecule has 6 nitrogen and oxygen atoms in total. The molecule has 0 amide bonds. The Bertz CT molecular complexity index is 510. The van der Waals surface area contributed by atoms with Crippen LogP contribution in [0, 0.1) is 0 Å². The lowest BCUT2D eigenvalue weighted by Crippen LogP contribution is -2.06. The van der Waals surface area contributed by atoms with E-state index in [1.807, 2.05) is 30.5 Å².